The second-order valence-electron chi connectivity index (χ2n) is 3.53. The van der Waals surface area contributed by atoms with E-state index in [4.69, 9.17) is 5.11 Å². The van der Waals surface area contributed by atoms with Crippen LogP contribution in [0.2, 0.25) is 0 Å². The lowest BCUT2D eigenvalue weighted by atomic mass is 10.1. The van der Waals surface area contributed by atoms with Gasteiger partial charge in [0.25, 0.3) is 0 Å². The third-order valence-electron chi connectivity index (χ3n) is 2.35. The summed E-state index contributed by atoms with van der Waals surface area (Å²) in [6.45, 7) is 1.93. The number of rotatable bonds is 0. The van der Waals surface area contributed by atoms with Crippen LogP contribution in [-0.2, 0) is 0 Å². The summed E-state index contributed by atoms with van der Waals surface area (Å²) in [7, 11) is 0. The molecule has 2 aromatic heterocycles. The van der Waals surface area contributed by atoms with Gasteiger partial charge in [0.1, 0.15) is 0 Å². The van der Waals surface area contributed by atoms with Crippen LogP contribution in [0.1, 0.15) is 6.92 Å². The first kappa shape index (κ1) is 11.5. The van der Waals surface area contributed by atoms with Gasteiger partial charge in [-0.1, -0.05) is 12.1 Å². The molecule has 0 saturated heterocycles. The molecule has 0 fully saturated rings. The molecule has 3 rings (SSSR count). The van der Waals surface area contributed by atoms with Gasteiger partial charge in [0.2, 0.25) is 0 Å². The third-order valence-corrected chi connectivity index (χ3v) is 2.35. The standard InChI is InChI=1S/C12H8N2.C2H6O/c1-3-9-5-6-11-10(4-2-7-13-11)12(9)14-8-1;1-2-3/h1-8H;3H,2H2,1H3. The molecular formula is C14H14N2O. The predicted octanol–water partition coefficient (Wildman–Crippen LogP) is 2.78. The van der Waals surface area contributed by atoms with Gasteiger partial charge in [-0.25, -0.2) is 0 Å². The summed E-state index contributed by atoms with van der Waals surface area (Å²) in [4.78, 5) is 8.66. The van der Waals surface area contributed by atoms with E-state index in [1.54, 1.807) is 13.1 Å². The fourth-order valence-electron chi connectivity index (χ4n) is 1.70. The molecule has 0 radical (unpaired) electrons. The van der Waals surface area contributed by atoms with Crippen molar-refractivity contribution in [2.45, 2.75) is 6.92 Å². The van der Waals surface area contributed by atoms with Crippen LogP contribution in [-0.4, -0.2) is 21.7 Å². The van der Waals surface area contributed by atoms with E-state index >= 15 is 0 Å². The van der Waals surface area contributed by atoms with Gasteiger partial charge < -0.3 is 5.11 Å². The van der Waals surface area contributed by atoms with Crippen molar-refractivity contribution < 1.29 is 5.11 Å². The van der Waals surface area contributed by atoms with Gasteiger partial charge in [-0.2, -0.15) is 0 Å². The zero-order valence-corrected chi connectivity index (χ0v) is 9.67. The molecule has 0 atom stereocenters. The number of nitrogens with zero attached hydrogens (tertiary/aromatic N) is 2. The molecule has 1 aromatic carbocycles. The van der Waals surface area contributed by atoms with Gasteiger partial charge in [0.05, 0.1) is 11.0 Å². The molecule has 0 aliphatic heterocycles. The maximum absolute atomic E-state index is 7.57. The SMILES string of the molecule is CCO.c1cnc2c(c1)ccc1ncccc12. The van der Waals surface area contributed by atoms with Crippen LogP contribution >= 0.6 is 0 Å². The Balaban J connectivity index is 0.000000329. The summed E-state index contributed by atoms with van der Waals surface area (Å²) in [5.74, 6) is 0. The van der Waals surface area contributed by atoms with Crippen molar-refractivity contribution in [3.63, 3.8) is 0 Å². The molecule has 0 saturated carbocycles. The number of benzene rings is 1. The van der Waals surface area contributed by atoms with Crippen LogP contribution in [0.25, 0.3) is 21.8 Å². The van der Waals surface area contributed by atoms with Gasteiger partial charge in [-0.3, -0.25) is 9.97 Å². The summed E-state index contributed by atoms with van der Waals surface area (Å²) in [5, 5.41) is 9.85. The number of fused-ring (bicyclic) bond motifs is 3. The third kappa shape index (κ3) is 2.40. The van der Waals surface area contributed by atoms with Gasteiger partial charge >= 0.3 is 0 Å². The van der Waals surface area contributed by atoms with E-state index in [9.17, 15) is 0 Å². The summed E-state index contributed by atoms with van der Waals surface area (Å²) < 4.78 is 0. The van der Waals surface area contributed by atoms with Crippen molar-refractivity contribution >= 4 is 21.8 Å². The fraction of sp³-hybridized carbons (Fsp3) is 0.143. The highest BCUT2D eigenvalue weighted by atomic mass is 16.2. The van der Waals surface area contributed by atoms with Crippen molar-refractivity contribution in [2.75, 3.05) is 6.61 Å². The van der Waals surface area contributed by atoms with Crippen molar-refractivity contribution in [3.8, 4) is 0 Å². The highest BCUT2D eigenvalue weighted by molar-refractivity contribution is 6.03. The minimum absolute atomic E-state index is 0.250. The second kappa shape index (κ2) is 5.37. The topological polar surface area (TPSA) is 46.0 Å². The Kier molecular flexibility index (Phi) is 3.62. The molecule has 86 valence electrons. The Hall–Kier alpha value is -2.00. The average molecular weight is 226 g/mol. The molecule has 0 spiro atoms. The van der Waals surface area contributed by atoms with Gasteiger partial charge in [0.15, 0.2) is 0 Å². The van der Waals surface area contributed by atoms with E-state index in [0.717, 1.165) is 21.8 Å². The quantitative estimate of drug-likeness (QED) is 0.599. The van der Waals surface area contributed by atoms with Crippen molar-refractivity contribution in [3.05, 3.63) is 48.8 Å². The average Bonchev–Trinajstić information content (AvgIpc) is 2.40. The van der Waals surface area contributed by atoms with E-state index in [-0.39, 0.29) is 6.61 Å². The number of hydrogen-bond donors (Lipinski definition) is 1. The monoisotopic (exact) mass is 226 g/mol. The maximum Gasteiger partial charge on any atom is 0.0795 e. The molecule has 0 aliphatic carbocycles. The predicted molar refractivity (Wildman–Crippen MR) is 69.8 cm³/mol. The van der Waals surface area contributed by atoms with E-state index in [1.165, 1.54) is 0 Å². The van der Waals surface area contributed by atoms with Crippen LogP contribution in [0.4, 0.5) is 0 Å². The molecule has 3 aromatic rings. The van der Waals surface area contributed by atoms with Gasteiger partial charge in [-0.05, 0) is 31.2 Å². The second-order valence-corrected chi connectivity index (χ2v) is 3.53. The Morgan fingerprint density at radius 2 is 1.71 bits per heavy atom. The minimum Gasteiger partial charge on any atom is -0.397 e. The molecule has 0 aliphatic rings. The van der Waals surface area contributed by atoms with Crippen LogP contribution in [0.15, 0.2) is 48.8 Å². The van der Waals surface area contributed by atoms with Crippen LogP contribution in [0.3, 0.4) is 0 Å². The van der Waals surface area contributed by atoms with Crippen LogP contribution < -0.4 is 0 Å². The Bertz CT molecular complexity index is 568. The van der Waals surface area contributed by atoms with Crippen molar-refractivity contribution in [1.29, 1.82) is 0 Å². The van der Waals surface area contributed by atoms with E-state index in [0.29, 0.717) is 0 Å². The van der Waals surface area contributed by atoms with Crippen molar-refractivity contribution in [2.24, 2.45) is 0 Å². The normalized spacial score (nSPS) is 10.0. The maximum atomic E-state index is 7.57. The molecular weight excluding hydrogens is 212 g/mol. The van der Waals surface area contributed by atoms with E-state index in [2.05, 4.69) is 28.2 Å². The summed E-state index contributed by atoms with van der Waals surface area (Å²) >= 11 is 0. The largest absolute Gasteiger partial charge is 0.397 e. The Morgan fingerprint density at radius 3 is 2.53 bits per heavy atom. The first-order valence-electron chi connectivity index (χ1n) is 5.56. The zero-order chi connectivity index (χ0) is 12.1. The molecule has 0 bridgehead atoms. The lowest BCUT2D eigenvalue weighted by Crippen LogP contribution is -1.82. The summed E-state index contributed by atoms with van der Waals surface area (Å²) in [5.41, 5.74) is 2.02. The Labute approximate surface area is 99.8 Å². The van der Waals surface area contributed by atoms with Crippen molar-refractivity contribution in [1.82, 2.24) is 9.97 Å². The van der Waals surface area contributed by atoms with E-state index in [1.807, 2.05) is 24.4 Å². The first-order chi connectivity index (χ1) is 8.36. The number of hydrogen-bond acceptors (Lipinski definition) is 3. The minimum atomic E-state index is 0.250. The lowest BCUT2D eigenvalue weighted by Gasteiger charge is -2.00. The molecule has 0 unspecified atom stereocenters. The molecule has 1 N–H and O–H groups in total. The first-order valence-corrected chi connectivity index (χ1v) is 5.56. The van der Waals surface area contributed by atoms with Gasteiger partial charge in [-0.15, -0.1) is 0 Å². The molecule has 2 heterocycles. The molecule has 17 heavy (non-hydrogen) atoms. The smallest absolute Gasteiger partial charge is 0.0795 e. The number of aliphatic hydroxyl groups is 1. The highest BCUT2D eigenvalue weighted by Crippen LogP contribution is 2.20. The molecule has 0 amide bonds. The van der Waals surface area contributed by atoms with Crippen LogP contribution in [0.5, 0.6) is 0 Å². The van der Waals surface area contributed by atoms with Gasteiger partial charge in [0, 0.05) is 29.8 Å². The number of aromatic nitrogens is 2. The molecule has 3 nitrogen and oxygen atoms in total. The lowest BCUT2D eigenvalue weighted by molar-refractivity contribution is 0.318. The molecule has 3 heteroatoms. The number of aliphatic hydroxyl groups excluding tert-OH is 1. The highest BCUT2D eigenvalue weighted by Gasteiger charge is 1.99. The zero-order valence-electron chi connectivity index (χ0n) is 9.67. The summed E-state index contributed by atoms with van der Waals surface area (Å²) in [6.07, 6.45) is 3.62. The Morgan fingerprint density at radius 1 is 1.00 bits per heavy atom. The number of pyridine rings is 2. The fourth-order valence-corrected chi connectivity index (χ4v) is 1.70. The van der Waals surface area contributed by atoms with E-state index < -0.39 is 0 Å². The van der Waals surface area contributed by atoms with Crippen LogP contribution in [0, 0.1) is 0 Å². The summed E-state index contributed by atoms with van der Waals surface area (Å²) in [6, 6.07) is 12.1.